The first-order valence-corrected chi connectivity index (χ1v) is 4.61. The molecule has 0 radical (unpaired) electrons. The van der Waals surface area contributed by atoms with Gasteiger partial charge in [-0.2, -0.15) is 9.61 Å². The van der Waals surface area contributed by atoms with Crippen LogP contribution >= 0.6 is 15.9 Å². The van der Waals surface area contributed by atoms with Gasteiger partial charge in [-0.1, -0.05) is 0 Å². The van der Waals surface area contributed by atoms with E-state index in [1.54, 1.807) is 4.52 Å². The number of rotatable bonds is 1. The van der Waals surface area contributed by atoms with E-state index in [1.807, 2.05) is 19.1 Å². The molecule has 0 amide bonds. The fourth-order valence-corrected chi connectivity index (χ4v) is 1.36. The van der Waals surface area contributed by atoms with Crippen molar-refractivity contribution in [3.63, 3.8) is 0 Å². The zero-order valence-corrected chi connectivity index (χ0v) is 8.56. The van der Waals surface area contributed by atoms with Crippen LogP contribution in [0, 0.1) is 0 Å². The lowest BCUT2D eigenvalue weighted by molar-refractivity contribution is 0.692. The van der Waals surface area contributed by atoms with E-state index in [2.05, 4.69) is 31.2 Å². The standard InChI is InChI=1S/C7H8BrN5/c1-4(9)7-11-10-6-3-2-5(8)12-13(6)7/h2-4H,9H2,1H3/t4-/m0/s1. The number of fused-ring (bicyclic) bond motifs is 1. The Labute approximate surface area is 83.1 Å². The highest BCUT2D eigenvalue weighted by Crippen LogP contribution is 2.11. The molecule has 68 valence electrons. The van der Waals surface area contributed by atoms with Gasteiger partial charge in [0, 0.05) is 0 Å². The minimum atomic E-state index is -0.170. The average Bonchev–Trinajstić information content (AvgIpc) is 2.46. The van der Waals surface area contributed by atoms with Crippen molar-refractivity contribution in [1.82, 2.24) is 19.8 Å². The minimum absolute atomic E-state index is 0.170. The Balaban J connectivity index is 2.71. The first-order valence-electron chi connectivity index (χ1n) is 3.82. The molecule has 0 aliphatic rings. The summed E-state index contributed by atoms with van der Waals surface area (Å²) in [6, 6.07) is 3.47. The SMILES string of the molecule is C[C@H](N)c1nnc2ccc(Br)nn12. The Kier molecular flexibility index (Phi) is 2.01. The monoisotopic (exact) mass is 241 g/mol. The number of hydrogen-bond donors (Lipinski definition) is 1. The Morgan fingerprint density at radius 1 is 1.46 bits per heavy atom. The van der Waals surface area contributed by atoms with Crippen molar-refractivity contribution in [2.24, 2.45) is 5.73 Å². The van der Waals surface area contributed by atoms with Crippen molar-refractivity contribution < 1.29 is 0 Å². The van der Waals surface area contributed by atoms with Gasteiger partial charge in [-0.25, -0.2) is 0 Å². The maximum Gasteiger partial charge on any atom is 0.178 e. The molecule has 6 heteroatoms. The quantitative estimate of drug-likeness (QED) is 0.806. The summed E-state index contributed by atoms with van der Waals surface area (Å²) in [7, 11) is 0. The number of nitrogens with zero attached hydrogens (tertiary/aromatic N) is 4. The number of hydrogen-bond acceptors (Lipinski definition) is 4. The van der Waals surface area contributed by atoms with Crippen molar-refractivity contribution >= 4 is 21.6 Å². The average molecular weight is 242 g/mol. The summed E-state index contributed by atoms with van der Waals surface area (Å²) in [5.41, 5.74) is 6.40. The van der Waals surface area contributed by atoms with Crippen molar-refractivity contribution in [2.75, 3.05) is 0 Å². The fourth-order valence-electron chi connectivity index (χ4n) is 1.07. The lowest BCUT2D eigenvalue weighted by Gasteiger charge is -2.00. The summed E-state index contributed by atoms with van der Waals surface area (Å²) in [6.07, 6.45) is 0. The molecule has 5 nitrogen and oxygen atoms in total. The number of aromatic nitrogens is 4. The molecule has 2 aromatic rings. The van der Waals surface area contributed by atoms with Crippen LogP contribution in [0.3, 0.4) is 0 Å². The van der Waals surface area contributed by atoms with Crippen LogP contribution in [0.5, 0.6) is 0 Å². The fraction of sp³-hybridized carbons (Fsp3) is 0.286. The maximum atomic E-state index is 5.70. The third-order valence-electron chi connectivity index (χ3n) is 1.66. The molecule has 0 spiro atoms. The van der Waals surface area contributed by atoms with Gasteiger partial charge in [0.25, 0.3) is 0 Å². The second-order valence-electron chi connectivity index (χ2n) is 2.77. The van der Waals surface area contributed by atoms with Crippen LogP contribution in [0.15, 0.2) is 16.7 Å². The predicted octanol–water partition coefficient (Wildman–Crippen LogP) is 0.907. The summed E-state index contributed by atoms with van der Waals surface area (Å²) >= 11 is 3.27. The first-order chi connectivity index (χ1) is 6.18. The molecular formula is C7H8BrN5. The molecule has 2 aromatic heterocycles. The second kappa shape index (κ2) is 3.04. The molecule has 0 aliphatic heterocycles. The van der Waals surface area contributed by atoms with Gasteiger partial charge in [0.2, 0.25) is 0 Å². The Morgan fingerprint density at radius 3 is 2.92 bits per heavy atom. The number of halogens is 1. The highest BCUT2D eigenvalue weighted by molar-refractivity contribution is 9.10. The summed E-state index contributed by atoms with van der Waals surface area (Å²) in [5.74, 6) is 0.663. The van der Waals surface area contributed by atoms with Gasteiger partial charge in [0.1, 0.15) is 4.60 Å². The third kappa shape index (κ3) is 1.42. The van der Waals surface area contributed by atoms with Crippen LogP contribution in [-0.4, -0.2) is 19.8 Å². The van der Waals surface area contributed by atoms with E-state index in [-0.39, 0.29) is 6.04 Å². The summed E-state index contributed by atoms with van der Waals surface area (Å²) in [6.45, 7) is 1.85. The molecule has 13 heavy (non-hydrogen) atoms. The highest BCUT2D eigenvalue weighted by Gasteiger charge is 2.10. The Bertz CT molecular complexity index is 435. The Morgan fingerprint density at radius 2 is 2.23 bits per heavy atom. The van der Waals surface area contributed by atoms with Crippen LogP contribution in [0.1, 0.15) is 18.8 Å². The van der Waals surface area contributed by atoms with Gasteiger partial charge in [0.15, 0.2) is 11.5 Å². The van der Waals surface area contributed by atoms with Gasteiger partial charge in [-0.3, -0.25) is 0 Å². The van der Waals surface area contributed by atoms with Gasteiger partial charge < -0.3 is 5.73 Å². The lowest BCUT2D eigenvalue weighted by Crippen LogP contribution is -2.11. The van der Waals surface area contributed by atoms with Crippen molar-refractivity contribution in [3.8, 4) is 0 Å². The molecule has 0 unspecified atom stereocenters. The molecule has 0 saturated heterocycles. The molecule has 0 aliphatic carbocycles. The van der Waals surface area contributed by atoms with Crippen LogP contribution in [0.2, 0.25) is 0 Å². The van der Waals surface area contributed by atoms with Gasteiger partial charge in [-0.15, -0.1) is 10.2 Å². The van der Waals surface area contributed by atoms with E-state index in [0.717, 1.165) is 4.60 Å². The van der Waals surface area contributed by atoms with Crippen LogP contribution in [-0.2, 0) is 0 Å². The van der Waals surface area contributed by atoms with Gasteiger partial charge >= 0.3 is 0 Å². The maximum absolute atomic E-state index is 5.70. The molecule has 0 bridgehead atoms. The normalized spacial score (nSPS) is 13.5. The van der Waals surface area contributed by atoms with Crippen LogP contribution in [0.25, 0.3) is 5.65 Å². The van der Waals surface area contributed by atoms with E-state index in [1.165, 1.54) is 0 Å². The molecule has 0 fully saturated rings. The molecule has 0 aromatic carbocycles. The van der Waals surface area contributed by atoms with E-state index < -0.39 is 0 Å². The molecular weight excluding hydrogens is 234 g/mol. The van der Waals surface area contributed by atoms with Crippen LogP contribution < -0.4 is 5.73 Å². The molecule has 0 saturated carbocycles. The molecule has 2 rings (SSSR count). The molecule has 1 atom stereocenters. The van der Waals surface area contributed by atoms with E-state index in [0.29, 0.717) is 11.5 Å². The molecule has 2 N–H and O–H groups in total. The zero-order valence-electron chi connectivity index (χ0n) is 6.98. The second-order valence-corrected chi connectivity index (χ2v) is 3.59. The van der Waals surface area contributed by atoms with E-state index in [4.69, 9.17) is 5.73 Å². The van der Waals surface area contributed by atoms with Crippen molar-refractivity contribution in [1.29, 1.82) is 0 Å². The lowest BCUT2D eigenvalue weighted by atomic mass is 10.3. The van der Waals surface area contributed by atoms with Gasteiger partial charge in [0.05, 0.1) is 6.04 Å². The summed E-state index contributed by atoms with van der Waals surface area (Å²) < 4.78 is 2.37. The summed E-state index contributed by atoms with van der Waals surface area (Å²) in [5, 5.41) is 12.1. The van der Waals surface area contributed by atoms with Crippen LogP contribution in [0.4, 0.5) is 0 Å². The summed E-state index contributed by atoms with van der Waals surface area (Å²) in [4.78, 5) is 0. The highest BCUT2D eigenvalue weighted by atomic mass is 79.9. The predicted molar refractivity (Wildman–Crippen MR) is 51.1 cm³/mol. The Hall–Kier alpha value is -1.01. The topological polar surface area (TPSA) is 69.1 Å². The molecule has 2 heterocycles. The van der Waals surface area contributed by atoms with E-state index in [9.17, 15) is 0 Å². The van der Waals surface area contributed by atoms with Gasteiger partial charge in [-0.05, 0) is 35.0 Å². The minimum Gasteiger partial charge on any atom is -0.321 e. The van der Waals surface area contributed by atoms with Crippen molar-refractivity contribution in [3.05, 3.63) is 22.6 Å². The first kappa shape index (κ1) is 8.58. The number of nitrogens with two attached hydrogens (primary N) is 1. The van der Waals surface area contributed by atoms with E-state index >= 15 is 0 Å². The zero-order chi connectivity index (χ0) is 9.42. The largest absolute Gasteiger partial charge is 0.321 e. The smallest absolute Gasteiger partial charge is 0.178 e. The van der Waals surface area contributed by atoms with Crippen molar-refractivity contribution in [2.45, 2.75) is 13.0 Å². The third-order valence-corrected chi connectivity index (χ3v) is 2.08.